The number of pyridine rings is 3. The number of nitriles is 1. The third-order valence-corrected chi connectivity index (χ3v) is 6.28. The third kappa shape index (κ3) is 2.88. The molecule has 2 aliphatic carbocycles. The number of anilines is 2. The summed E-state index contributed by atoms with van der Waals surface area (Å²) >= 11 is 0. The van der Waals surface area contributed by atoms with Crippen LogP contribution in [0.4, 0.5) is 11.6 Å². The van der Waals surface area contributed by atoms with Gasteiger partial charge in [-0.25, -0.2) is 9.97 Å². The lowest BCUT2D eigenvalue weighted by molar-refractivity contribution is -0.118. The Kier molecular flexibility index (Phi) is 3.95. The first kappa shape index (κ1) is 17.6. The third-order valence-electron chi connectivity index (χ3n) is 6.28. The summed E-state index contributed by atoms with van der Waals surface area (Å²) in [5, 5.41) is 13.7. The van der Waals surface area contributed by atoms with Gasteiger partial charge < -0.3 is 11.1 Å². The van der Waals surface area contributed by atoms with Gasteiger partial charge in [0.05, 0.1) is 17.7 Å². The summed E-state index contributed by atoms with van der Waals surface area (Å²) < 4.78 is 0. The fraction of sp³-hybridized carbons (Fsp3) is 0.318. The molecule has 3 heterocycles. The summed E-state index contributed by atoms with van der Waals surface area (Å²) in [6.45, 7) is 2.00. The average molecular weight is 384 g/mol. The molecule has 0 aromatic carbocycles. The zero-order valence-corrected chi connectivity index (χ0v) is 16.0. The van der Waals surface area contributed by atoms with Gasteiger partial charge in [-0.2, -0.15) is 5.26 Å². The summed E-state index contributed by atoms with van der Waals surface area (Å²) in [5.41, 5.74) is 8.86. The largest absolute Gasteiger partial charge is 0.383 e. The maximum Gasteiger partial charge on any atom is 0.229 e. The highest BCUT2D eigenvalue weighted by Gasteiger charge is 2.61. The maximum absolute atomic E-state index is 12.7. The lowest BCUT2D eigenvalue weighted by Crippen LogP contribution is -2.19. The van der Waals surface area contributed by atoms with Gasteiger partial charge in [-0.1, -0.05) is 0 Å². The number of aryl methyl sites for hydroxylation is 1. The number of fused-ring (bicyclic) bond motifs is 2. The molecule has 3 aromatic heterocycles. The Labute approximate surface area is 168 Å². The molecule has 7 nitrogen and oxygen atoms in total. The van der Waals surface area contributed by atoms with Crippen molar-refractivity contribution >= 4 is 28.3 Å². The summed E-state index contributed by atoms with van der Waals surface area (Å²) in [6, 6.07) is 8.02. The van der Waals surface area contributed by atoms with E-state index < -0.39 is 0 Å². The fourth-order valence-electron chi connectivity index (χ4n) is 4.73. The van der Waals surface area contributed by atoms with E-state index in [9.17, 15) is 10.1 Å². The molecule has 0 radical (unpaired) electrons. The van der Waals surface area contributed by atoms with E-state index in [0.29, 0.717) is 17.6 Å². The summed E-state index contributed by atoms with van der Waals surface area (Å²) in [7, 11) is 0. The first-order chi connectivity index (χ1) is 14.1. The van der Waals surface area contributed by atoms with E-state index in [4.69, 9.17) is 5.73 Å². The van der Waals surface area contributed by atoms with Crippen molar-refractivity contribution in [3.8, 4) is 17.3 Å². The van der Waals surface area contributed by atoms with Crippen molar-refractivity contribution in [2.24, 2.45) is 23.7 Å². The second kappa shape index (κ2) is 6.52. The zero-order valence-electron chi connectivity index (χ0n) is 16.0. The number of nitrogen functional groups attached to an aromatic ring is 1. The molecule has 3 aromatic rings. The Morgan fingerprint density at radius 1 is 1.31 bits per heavy atom. The van der Waals surface area contributed by atoms with Gasteiger partial charge in [-0.3, -0.25) is 9.78 Å². The molecule has 3 N–H and O–H groups in total. The van der Waals surface area contributed by atoms with E-state index in [0.717, 1.165) is 40.4 Å². The van der Waals surface area contributed by atoms with Crippen molar-refractivity contribution in [2.75, 3.05) is 11.1 Å². The molecule has 1 amide bonds. The molecule has 0 spiro atoms. The standard InChI is InChI=1S/C22H20N6O/c1-11-4-5-25-9-15(11)17-6-13-7-18(26-10-16(13)21(24)27-17)28-22(29)20-14-3-2-12(8-23)19(14)20/h4-7,9-10,12,14,19-20H,2-3H2,1H3,(H2,24,27)(H,26,28,29)/t12-,14-,19+,20?/m1/s1. The van der Waals surface area contributed by atoms with Crippen molar-refractivity contribution in [3.63, 3.8) is 0 Å². The van der Waals surface area contributed by atoms with E-state index in [1.807, 2.05) is 25.1 Å². The van der Waals surface area contributed by atoms with Crippen molar-refractivity contribution < 1.29 is 4.79 Å². The molecule has 4 atom stereocenters. The molecule has 7 heteroatoms. The number of hydrogen-bond acceptors (Lipinski definition) is 6. The lowest BCUT2D eigenvalue weighted by atomic mass is 10.0. The minimum atomic E-state index is -0.0676. The van der Waals surface area contributed by atoms with Gasteiger partial charge >= 0.3 is 0 Å². The van der Waals surface area contributed by atoms with Crippen LogP contribution in [0.2, 0.25) is 0 Å². The van der Waals surface area contributed by atoms with Crippen LogP contribution in [-0.4, -0.2) is 20.9 Å². The first-order valence-corrected chi connectivity index (χ1v) is 9.74. The maximum atomic E-state index is 12.7. The lowest BCUT2D eigenvalue weighted by Gasteiger charge is -2.11. The second-order valence-electron chi connectivity index (χ2n) is 7.94. The molecule has 29 heavy (non-hydrogen) atoms. The minimum absolute atomic E-state index is 0.0106. The van der Waals surface area contributed by atoms with Crippen molar-refractivity contribution in [2.45, 2.75) is 19.8 Å². The van der Waals surface area contributed by atoms with E-state index >= 15 is 0 Å². The minimum Gasteiger partial charge on any atom is -0.383 e. The Morgan fingerprint density at radius 3 is 2.97 bits per heavy atom. The van der Waals surface area contributed by atoms with Crippen LogP contribution in [0, 0.1) is 41.9 Å². The van der Waals surface area contributed by atoms with Crippen LogP contribution >= 0.6 is 0 Å². The molecular weight excluding hydrogens is 364 g/mol. The molecule has 2 fully saturated rings. The highest BCUT2D eigenvalue weighted by atomic mass is 16.2. The number of amides is 1. The number of nitrogens with one attached hydrogen (secondary N) is 1. The molecule has 0 aliphatic heterocycles. The molecule has 5 rings (SSSR count). The summed E-state index contributed by atoms with van der Waals surface area (Å²) in [4.78, 5) is 25.7. The highest BCUT2D eigenvalue weighted by molar-refractivity contribution is 5.98. The van der Waals surface area contributed by atoms with Crippen molar-refractivity contribution in [1.82, 2.24) is 15.0 Å². The smallest absolute Gasteiger partial charge is 0.229 e. The molecule has 1 unspecified atom stereocenters. The first-order valence-electron chi connectivity index (χ1n) is 9.74. The van der Waals surface area contributed by atoms with Crippen LogP contribution in [0.1, 0.15) is 18.4 Å². The molecule has 0 saturated heterocycles. The van der Waals surface area contributed by atoms with Crippen LogP contribution in [0.3, 0.4) is 0 Å². The van der Waals surface area contributed by atoms with E-state index in [-0.39, 0.29) is 23.7 Å². The number of carbonyl (C=O) groups is 1. The predicted octanol–water partition coefficient (Wildman–Crippen LogP) is 3.32. The number of rotatable bonds is 3. The van der Waals surface area contributed by atoms with Crippen LogP contribution < -0.4 is 11.1 Å². The highest BCUT2D eigenvalue weighted by Crippen LogP contribution is 2.60. The van der Waals surface area contributed by atoms with Crippen molar-refractivity contribution in [1.29, 1.82) is 5.26 Å². The van der Waals surface area contributed by atoms with Crippen LogP contribution in [0.25, 0.3) is 22.0 Å². The van der Waals surface area contributed by atoms with Gasteiger partial charge in [0.1, 0.15) is 11.6 Å². The number of carbonyl (C=O) groups excluding carboxylic acids is 1. The SMILES string of the molecule is Cc1ccncc1-c1cc2cc(NC(=O)C3[C@H]4[C@@H](C#N)CC[C@@H]34)ncc2c(N)n1. The van der Waals surface area contributed by atoms with Gasteiger partial charge in [-0.05, 0) is 60.7 Å². The number of hydrogen-bond donors (Lipinski definition) is 2. The molecule has 144 valence electrons. The molecule has 0 bridgehead atoms. The van der Waals surface area contributed by atoms with Gasteiger partial charge in [0.15, 0.2) is 0 Å². The number of nitrogens with two attached hydrogens (primary N) is 1. The quantitative estimate of drug-likeness (QED) is 0.715. The van der Waals surface area contributed by atoms with Crippen LogP contribution in [-0.2, 0) is 4.79 Å². The van der Waals surface area contributed by atoms with Gasteiger partial charge in [0.2, 0.25) is 5.91 Å². The van der Waals surface area contributed by atoms with Crippen molar-refractivity contribution in [3.05, 3.63) is 42.4 Å². The Bertz CT molecular complexity index is 1180. The average Bonchev–Trinajstić information content (AvgIpc) is 3.28. The van der Waals surface area contributed by atoms with E-state index in [2.05, 4.69) is 26.3 Å². The number of aromatic nitrogens is 3. The Hall–Kier alpha value is -3.53. The molecular formula is C22H20N6O. The monoisotopic (exact) mass is 384 g/mol. The van der Waals surface area contributed by atoms with Crippen LogP contribution in [0.15, 0.2) is 36.8 Å². The topological polar surface area (TPSA) is 118 Å². The van der Waals surface area contributed by atoms with Gasteiger partial charge in [0, 0.05) is 35.5 Å². The fourth-order valence-corrected chi connectivity index (χ4v) is 4.73. The molecule has 2 saturated carbocycles. The summed E-state index contributed by atoms with van der Waals surface area (Å²) in [6.07, 6.45) is 7.02. The number of nitrogens with zero attached hydrogens (tertiary/aromatic N) is 4. The Morgan fingerprint density at radius 2 is 2.17 bits per heavy atom. The Balaban J connectivity index is 1.44. The predicted molar refractivity (Wildman–Crippen MR) is 109 cm³/mol. The van der Waals surface area contributed by atoms with E-state index in [1.165, 1.54) is 0 Å². The van der Waals surface area contributed by atoms with Crippen LogP contribution in [0.5, 0.6) is 0 Å². The molecule has 2 aliphatic rings. The normalized spacial score (nSPS) is 24.7. The second-order valence-corrected chi connectivity index (χ2v) is 7.94. The van der Waals surface area contributed by atoms with Gasteiger partial charge in [-0.15, -0.1) is 0 Å². The van der Waals surface area contributed by atoms with Gasteiger partial charge in [0.25, 0.3) is 0 Å². The summed E-state index contributed by atoms with van der Waals surface area (Å²) in [5.74, 6) is 1.33. The zero-order chi connectivity index (χ0) is 20.1. The van der Waals surface area contributed by atoms with E-state index in [1.54, 1.807) is 18.6 Å².